The average Bonchev–Trinajstić information content (AvgIpc) is 4.03. The van der Waals surface area contributed by atoms with E-state index in [9.17, 15) is 0 Å². The van der Waals surface area contributed by atoms with Crippen LogP contribution < -0.4 is 0 Å². The predicted octanol–water partition coefficient (Wildman–Crippen LogP) is 14.4. The third-order valence-corrected chi connectivity index (χ3v) is 11.3. The van der Waals surface area contributed by atoms with E-state index < -0.39 is 0 Å². The van der Waals surface area contributed by atoms with Gasteiger partial charge in [-0.25, -0.2) is 9.97 Å². The maximum Gasteiger partial charge on any atom is 0.216 e. The van der Waals surface area contributed by atoms with Crippen LogP contribution in [-0.2, 0) is 20.1 Å². The van der Waals surface area contributed by atoms with Crippen molar-refractivity contribution >= 4 is 33.0 Å². The summed E-state index contributed by atoms with van der Waals surface area (Å²) in [4.78, 5) is 14.9. The number of nitrogens with zero attached hydrogens (tertiary/aromatic N) is 5. The Kier molecular flexibility index (Phi) is 11.5. The van der Waals surface area contributed by atoms with Gasteiger partial charge in [0.05, 0.1) is 34.4 Å². The van der Waals surface area contributed by atoms with Crippen LogP contribution in [0.4, 0.5) is 0 Å². The van der Waals surface area contributed by atoms with Crippen molar-refractivity contribution in [1.29, 1.82) is 0 Å². The average molecular weight is 1010 g/mol. The quantitative estimate of drug-likeness (QED) is 0.149. The molecule has 0 amide bonds. The maximum atomic E-state index is 6.43. The van der Waals surface area contributed by atoms with Gasteiger partial charge in [0.25, 0.3) is 0 Å². The second kappa shape index (κ2) is 18.3. The zero-order valence-electron chi connectivity index (χ0n) is 34.8. The minimum absolute atomic E-state index is 0. The minimum Gasteiger partial charge on any atom is -0.486 e. The number of furan rings is 1. The Hall–Kier alpha value is -8.09. The summed E-state index contributed by atoms with van der Waals surface area (Å²) >= 11 is 0. The molecule has 0 aliphatic heterocycles. The van der Waals surface area contributed by atoms with E-state index in [-0.39, 0.29) is 20.1 Å². The van der Waals surface area contributed by atoms with Crippen LogP contribution in [0.25, 0.3) is 106 Å². The molecule has 6 nitrogen and oxygen atoms in total. The molecular weight excluding hydrogens is 975 g/mol. The monoisotopic (exact) mass is 1010 g/mol. The second-order valence-corrected chi connectivity index (χ2v) is 15.4. The second-order valence-electron chi connectivity index (χ2n) is 15.4. The normalized spacial score (nSPS) is 11.0. The Labute approximate surface area is 389 Å². The van der Waals surface area contributed by atoms with Gasteiger partial charge in [-0.2, -0.15) is 29.4 Å². The van der Waals surface area contributed by atoms with Crippen molar-refractivity contribution < 1.29 is 24.5 Å². The summed E-state index contributed by atoms with van der Waals surface area (Å²) < 4.78 is 8.28. The Morgan fingerprint density at radius 3 is 1.78 bits per heavy atom. The van der Waals surface area contributed by atoms with Crippen LogP contribution in [0, 0.1) is 12.1 Å². The van der Waals surface area contributed by atoms with E-state index in [1.807, 2.05) is 114 Å². The Bertz CT molecular complexity index is 3480. The number of aromatic nitrogens is 5. The van der Waals surface area contributed by atoms with Gasteiger partial charge < -0.3 is 4.42 Å². The number of hydrogen-bond donors (Lipinski definition) is 0. The molecule has 0 aliphatic carbocycles. The van der Waals surface area contributed by atoms with Gasteiger partial charge in [0.1, 0.15) is 0 Å². The van der Waals surface area contributed by atoms with Crippen molar-refractivity contribution in [2.75, 3.05) is 0 Å². The number of fused-ring (bicyclic) bond motifs is 4. The van der Waals surface area contributed by atoms with Gasteiger partial charge in [-0.3, -0.25) is 9.67 Å². The first-order valence-corrected chi connectivity index (χ1v) is 21.1. The number of hydrogen-bond acceptors (Lipinski definition) is 5. The molecule has 5 aromatic heterocycles. The summed E-state index contributed by atoms with van der Waals surface area (Å²) in [6.07, 6.45) is 3.92. The van der Waals surface area contributed by atoms with E-state index in [2.05, 4.69) is 132 Å². The van der Waals surface area contributed by atoms with Crippen LogP contribution >= 0.6 is 0 Å². The molecule has 12 aromatic rings. The third-order valence-electron chi connectivity index (χ3n) is 11.3. The number of para-hydroxylation sites is 2. The predicted molar refractivity (Wildman–Crippen MR) is 258 cm³/mol. The van der Waals surface area contributed by atoms with Crippen LogP contribution in [0.3, 0.4) is 0 Å². The van der Waals surface area contributed by atoms with Gasteiger partial charge in [0, 0.05) is 42.8 Å². The van der Waals surface area contributed by atoms with E-state index in [4.69, 9.17) is 19.4 Å². The Balaban J connectivity index is 0.000000176. The molecule has 0 saturated carbocycles. The van der Waals surface area contributed by atoms with Gasteiger partial charge in [-0.05, 0) is 74.9 Å². The summed E-state index contributed by atoms with van der Waals surface area (Å²) in [5, 5.41) is 7.46. The zero-order chi connectivity index (χ0) is 42.7. The molecule has 1 radical (unpaired) electrons. The largest absolute Gasteiger partial charge is 0.486 e. The molecule has 0 atom stereocenters. The smallest absolute Gasteiger partial charge is 0.216 e. The van der Waals surface area contributed by atoms with Crippen molar-refractivity contribution in [2.24, 2.45) is 0 Å². The maximum absolute atomic E-state index is 6.43. The fourth-order valence-corrected chi connectivity index (χ4v) is 7.99. The van der Waals surface area contributed by atoms with Crippen LogP contribution in [-0.4, -0.2) is 24.7 Å². The van der Waals surface area contributed by atoms with Gasteiger partial charge in [0.2, 0.25) is 5.71 Å². The topological polar surface area (TPSA) is 69.6 Å². The molecule has 7 heteroatoms. The summed E-state index contributed by atoms with van der Waals surface area (Å²) in [7, 11) is 0. The van der Waals surface area contributed by atoms with Gasteiger partial charge in [-0.15, -0.1) is 24.3 Å². The number of rotatable bonds is 7. The third kappa shape index (κ3) is 8.54. The number of pyridine rings is 3. The molecular formula is C58H37IrN5O-2. The molecule has 0 fully saturated rings. The first-order chi connectivity index (χ1) is 31.7. The van der Waals surface area contributed by atoms with Gasteiger partial charge in [-0.1, -0.05) is 157 Å². The van der Waals surface area contributed by atoms with Crippen molar-refractivity contribution in [2.45, 2.75) is 0 Å². The van der Waals surface area contributed by atoms with E-state index in [0.29, 0.717) is 5.71 Å². The molecule has 0 aliphatic rings. The van der Waals surface area contributed by atoms with Crippen LogP contribution in [0.15, 0.2) is 229 Å². The fraction of sp³-hybridized carbons (Fsp3) is 0. The zero-order valence-corrected chi connectivity index (χ0v) is 37.2. The van der Waals surface area contributed by atoms with Crippen LogP contribution in [0.2, 0.25) is 0 Å². The summed E-state index contributed by atoms with van der Waals surface area (Å²) in [5.74, 6) is 0. The van der Waals surface area contributed by atoms with E-state index in [1.54, 1.807) is 0 Å². The Morgan fingerprint density at radius 1 is 0.415 bits per heavy atom. The standard InChI is InChI=1S/C37H22N3O.C21H15N2.Ir/c1-3-10-24(11-4-1)27-22-34(25-12-5-2-6-13-25)39-35(23-27)33-21-19-29-28-15-9-16-30(36(28)41-37(29)40-33)32-20-18-26-14-7-8-17-31(26)38-32;1-3-7-17(8-4-1)18-11-13-19(14-12-18)20-15-22-23(16-20)21-9-5-2-6-10-21;/h1-15,17-23H;1-9,11-16H;/q2*-1;. The van der Waals surface area contributed by atoms with E-state index in [1.165, 1.54) is 11.1 Å². The summed E-state index contributed by atoms with van der Waals surface area (Å²) in [5.41, 5.74) is 15.2. The van der Waals surface area contributed by atoms with Crippen molar-refractivity contribution in [3.8, 4) is 73.0 Å². The first-order valence-electron chi connectivity index (χ1n) is 21.1. The summed E-state index contributed by atoms with van der Waals surface area (Å²) in [6.45, 7) is 0. The van der Waals surface area contributed by atoms with Crippen LogP contribution in [0.1, 0.15) is 0 Å². The van der Waals surface area contributed by atoms with Crippen molar-refractivity contribution in [3.05, 3.63) is 237 Å². The molecule has 0 unspecified atom stereocenters. The molecule has 0 N–H and O–H groups in total. The van der Waals surface area contributed by atoms with Gasteiger partial charge in [0.15, 0.2) is 0 Å². The molecule has 0 saturated heterocycles. The van der Waals surface area contributed by atoms with Gasteiger partial charge >= 0.3 is 0 Å². The molecule has 7 aromatic carbocycles. The summed E-state index contributed by atoms with van der Waals surface area (Å²) in [6, 6.07) is 78.4. The molecule has 65 heavy (non-hydrogen) atoms. The van der Waals surface area contributed by atoms with E-state index in [0.717, 1.165) is 89.1 Å². The van der Waals surface area contributed by atoms with E-state index >= 15 is 0 Å². The molecule has 311 valence electrons. The molecule has 12 rings (SSSR count). The molecule has 5 heterocycles. The molecule has 0 bridgehead atoms. The van der Waals surface area contributed by atoms with Crippen molar-refractivity contribution in [1.82, 2.24) is 24.7 Å². The minimum atomic E-state index is 0. The molecule has 0 spiro atoms. The Morgan fingerprint density at radius 2 is 1.05 bits per heavy atom. The SMILES string of the molecule is [Ir].[c-]1ccc2c(oc3nc(-c4cc(-c5ccccc5)cc(-c5ccccc5)n4)ccc32)c1-c1ccc2ccccc2n1.[c-]1ccccc1-n1cc(-c2ccc(-c3ccccc3)cc2)cn1. The van der Waals surface area contributed by atoms with Crippen molar-refractivity contribution in [3.63, 3.8) is 0 Å². The fourth-order valence-electron chi connectivity index (χ4n) is 7.99. The van der Waals surface area contributed by atoms with Crippen LogP contribution in [0.5, 0.6) is 0 Å². The number of benzene rings is 7. The first kappa shape index (κ1) is 41.0.